The van der Waals surface area contributed by atoms with Gasteiger partial charge in [0.15, 0.2) is 6.61 Å². The van der Waals surface area contributed by atoms with Gasteiger partial charge in [-0.3, -0.25) is 4.79 Å². The lowest BCUT2D eigenvalue weighted by Crippen LogP contribution is -2.31. The summed E-state index contributed by atoms with van der Waals surface area (Å²) >= 11 is 1.58. The number of thiophene rings is 1. The minimum Gasteiger partial charge on any atom is -0.484 e. The molecule has 0 saturated carbocycles. The highest BCUT2D eigenvalue weighted by atomic mass is 32.1. The Morgan fingerprint density at radius 2 is 2.03 bits per heavy atom. The van der Waals surface area contributed by atoms with Crippen LogP contribution in [-0.4, -0.2) is 36.3 Å². The monoisotopic (exact) mass is 410 g/mol. The molecule has 0 N–H and O–H groups in total. The first-order valence-corrected chi connectivity index (χ1v) is 9.81. The predicted molar refractivity (Wildman–Crippen MR) is 107 cm³/mol. The lowest BCUT2D eigenvalue weighted by atomic mass is 10.1. The molecular formula is C21H18N2O5S. The SMILES string of the molecule is COC(=O)c1ccc(OCC(=O)N2N=C(c3ccco3)CC2c2cccs2)cc1. The van der Waals surface area contributed by atoms with Crippen LogP contribution in [0.2, 0.25) is 0 Å². The first-order chi connectivity index (χ1) is 14.2. The molecule has 29 heavy (non-hydrogen) atoms. The van der Waals surface area contributed by atoms with Crippen molar-refractivity contribution in [1.29, 1.82) is 0 Å². The predicted octanol–water partition coefficient (Wildman–Crippen LogP) is 3.88. The van der Waals surface area contributed by atoms with Gasteiger partial charge in [-0.05, 0) is 47.8 Å². The Hall–Kier alpha value is -3.39. The van der Waals surface area contributed by atoms with Crippen molar-refractivity contribution in [1.82, 2.24) is 5.01 Å². The summed E-state index contributed by atoms with van der Waals surface area (Å²) in [7, 11) is 1.32. The highest BCUT2D eigenvalue weighted by molar-refractivity contribution is 7.10. The Morgan fingerprint density at radius 1 is 1.21 bits per heavy atom. The number of rotatable bonds is 6. The summed E-state index contributed by atoms with van der Waals surface area (Å²) in [4.78, 5) is 25.4. The molecule has 3 heterocycles. The number of esters is 1. The van der Waals surface area contributed by atoms with Crippen molar-refractivity contribution in [3.8, 4) is 5.75 Å². The number of carbonyl (C=O) groups is 2. The molecule has 2 aromatic heterocycles. The zero-order valence-electron chi connectivity index (χ0n) is 15.6. The van der Waals surface area contributed by atoms with Gasteiger partial charge in [-0.25, -0.2) is 9.80 Å². The molecule has 7 nitrogen and oxygen atoms in total. The highest BCUT2D eigenvalue weighted by Crippen LogP contribution is 2.35. The van der Waals surface area contributed by atoms with E-state index >= 15 is 0 Å². The molecule has 1 aromatic carbocycles. The van der Waals surface area contributed by atoms with E-state index < -0.39 is 5.97 Å². The molecule has 1 atom stereocenters. The maximum atomic E-state index is 12.9. The summed E-state index contributed by atoms with van der Waals surface area (Å²) in [6.45, 7) is -0.172. The summed E-state index contributed by atoms with van der Waals surface area (Å²) in [6, 6.07) is 13.8. The van der Waals surface area contributed by atoms with Gasteiger partial charge in [0, 0.05) is 11.3 Å². The minimum atomic E-state index is -0.428. The van der Waals surface area contributed by atoms with Crippen LogP contribution in [0.1, 0.15) is 33.5 Å². The van der Waals surface area contributed by atoms with Gasteiger partial charge in [0.05, 0.1) is 25.0 Å². The molecule has 1 aliphatic rings. The summed E-state index contributed by atoms with van der Waals surface area (Å²) in [5.41, 5.74) is 1.14. The quantitative estimate of drug-likeness (QED) is 0.576. The smallest absolute Gasteiger partial charge is 0.337 e. The molecule has 1 aliphatic heterocycles. The maximum Gasteiger partial charge on any atom is 0.337 e. The maximum absolute atomic E-state index is 12.9. The van der Waals surface area contributed by atoms with E-state index in [9.17, 15) is 9.59 Å². The minimum absolute atomic E-state index is 0.172. The summed E-state index contributed by atoms with van der Waals surface area (Å²) in [5, 5.41) is 7.94. The zero-order chi connectivity index (χ0) is 20.2. The second-order valence-electron chi connectivity index (χ2n) is 6.30. The van der Waals surface area contributed by atoms with Crippen LogP contribution >= 0.6 is 11.3 Å². The van der Waals surface area contributed by atoms with E-state index in [1.807, 2.05) is 23.6 Å². The Bertz CT molecular complexity index is 1010. The van der Waals surface area contributed by atoms with Gasteiger partial charge in [0.2, 0.25) is 0 Å². The number of methoxy groups -OCH3 is 1. The number of furan rings is 1. The number of amides is 1. The number of hydrogen-bond donors (Lipinski definition) is 0. The first kappa shape index (κ1) is 18.9. The van der Waals surface area contributed by atoms with Crippen molar-refractivity contribution >= 4 is 28.9 Å². The van der Waals surface area contributed by atoms with Crippen LogP contribution in [0.3, 0.4) is 0 Å². The van der Waals surface area contributed by atoms with Crippen molar-refractivity contribution in [3.63, 3.8) is 0 Å². The fourth-order valence-electron chi connectivity index (χ4n) is 3.05. The molecule has 0 spiro atoms. The fraction of sp³-hybridized carbons (Fsp3) is 0.190. The Balaban J connectivity index is 1.47. The molecular weight excluding hydrogens is 392 g/mol. The van der Waals surface area contributed by atoms with E-state index in [4.69, 9.17) is 9.15 Å². The zero-order valence-corrected chi connectivity index (χ0v) is 16.4. The van der Waals surface area contributed by atoms with Crippen molar-refractivity contribution in [2.75, 3.05) is 13.7 Å². The Morgan fingerprint density at radius 3 is 2.69 bits per heavy atom. The van der Waals surface area contributed by atoms with Crippen LogP contribution in [-0.2, 0) is 9.53 Å². The number of nitrogens with zero attached hydrogens (tertiary/aromatic N) is 2. The van der Waals surface area contributed by atoms with Crippen LogP contribution in [0.15, 0.2) is 69.7 Å². The molecule has 3 aromatic rings. The number of benzene rings is 1. The van der Waals surface area contributed by atoms with Crippen LogP contribution in [0.25, 0.3) is 0 Å². The molecule has 0 fully saturated rings. The van der Waals surface area contributed by atoms with Gasteiger partial charge in [-0.1, -0.05) is 6.07 Å². The number of hydrogen-bond acceptors (Lipinski definition) is 7. The lowest BCUT2D eigenvalue weighted by molar-refractivity contribution is -0.135. The average molecular weight is 410 g/mol. The third-order valence-electron chi connectivity index (χ3n) is 4.48. The molecule has 0 saturated heterocycles. The second-order valence-corrected chi connectivity index (χ2v) is 7.28. The molecule has 148 valence electrons. The highest BCUT2D eigenvalue weighted by Gasteiger charge is 2.34. The molecule has 1 amide bonds. The van der Waals surface area contributed by atoms with Gasteiger partial charge < -0.3 is 13.9 Å². The fourth-order valence-corrected chi connectivity index (χ4v) is 3.86. The van der Waals surface area contributed by atoms with Crippen molar-refractivity contribution in [2.45, 2.75) is 12.5 Å². The molecule has 0 bridgehead atoms. The molecule has 4 rings (SSSR count). The van der Waals surface area contributed by atoms with Gasteiger partial charge in [-0.15, -0.1) is 11.3 Å². The normalized spacial score (nSPS) is 15.8. The van der Waals surface area contributed by atoms with Gasteiger partial charge in [0.1, 0.15) is 17.2 Å². The summed E-state index contributed by atoms with van der Waals surface area (Å²) < 4.78 is 15.7. The summed E-state index contributed by atoms with van der Waals surface area (Å²) in [5.74, 6) is 0.444. The first-order valence-electron chi connectivity index (χ1n) is 8.93. The largest absolute Gasteiger partial charge is 0.484 e. The van der Waals surface area contributed by atoms with Crippen LogP contribution in [0.4, 0.5) is 0 Å². The van der Waals surface area contributed by atoms with Crippen molar-refractivity contribution in [3.05, 3.63) is 76.4 Å². The topological polar surface area (TPSA) is 81.3 Å². The van der Waals surface area contributed by atoms with Crippen molar-refractivity contribution in [2.24, 2.45) is 5.10 Å². The molecule has 0 aliphatic carbocycles. The molecule has 0 radical (unpaired) electrons. The van der Waals surface area contributed by atoms with E-state index in [0.29, 0.717) is 23.5 Å². The lowest BCUT2D eigenvalue weighted by Gasteiger charge is -2.20. The van der Waals surface area contributed by atoms with E-state index in [-0.39, 0.29) is 18.6 Å². The van der Waals surface area contributed by atoms with Crippen LogP contribution in [0.5, 0.6) is 5.75 Å². The third kappa shape index (κ3) is 4.07. The van der Waals surface area contributed by atoms with Gasteiger partial charge >= 0.3 is 5.97 Å². The van der Waals surface area contributed by atoms with Crippen LogP contribution in [0, 0.1) is 0 Å². The Kier molecular flexibility index (Phi) is 5.44. The van der Waals surface area contributed by atoms with Crippen LogP contribution < -0.4 is 4.74 Å². The number of carbonyl (C=O) groups excluding carboxylic acids is 2. The second kappa shape index (κ2) is 8.32. The van der Waals surface area contributed by atoms with Gasteiger partial charge in [0.25, 0.3) is 5.91 Å². The van der Waals surface area contributed by atoms with Crippen molar-refractivity contribution < 1.29 is 23.5 Å². The molecule has 1 unspecified atom stereocenters. The Labute approximate surface area is 171 Å². The average Bonchev–Trinajstić information content (AvgIpc) is 3.51. The molecule has 8 heteroatoms. The van der Waals surface area contributed by atoms with E-state index in [0.717, 1.165) is 10.6 Å². The van der Waals surface area contributed by atoms with E-state index in [1.54, 1.807) is 47.9 Å². The van der Waals surface area contributed by atoms with E-state index in [2.05, 4.69) is 9.84 Å². The number of ether oxygens (including phenoxy) is 2. The third-order valence-corrected chi connectivity index (χ3v) is 5.45. The standard InChI is InChI=1S/C21H18N2O5S/c1-26-21(25)14-6-8-15(9-7-14)28-13-20(24)23-17(19-5-3-11-29-19)12-16(22-23)18-4-2-10-27-18/h2-11,17H,12-13H2,1H3. The van der Waals surface area contributed by atoms with Gasteiger partial charge in [-0.2, -0.15) is 5.10 Å². The number of hydrazone groups is 1. The van der Waals surface area contributed by atoms with E-state index in [1.165, 1.54) is 12.1 Å². The summed E-state index contributed by atoms with van der Waals surface area (Å²) in [6.07, 6.45) is 2.16.